The van der Waals surface area contributed by atoms with Gasteiger partial charge in [-0.2, -0.15) is 25.0 Å². The van der Waals surface area contributed by atoms with Crippen LogP contribution in [0.5, 0.6) is 23.0 Å². The van der Waals surface area contributed by atoms with Crippen LogP contribution in [-0.4, -0.2) is 283 Å². The van der Waals surface area contributed by atoms with Crippen molar-refractivity contribution in [1.82, 2.24) is 65.4 Å². The number of amides is 2. The molecular weight excluding hydrogens is 1950 g/mol. The van der Waals surface area contributed by atoms with Gasteiger partial charge < -0.3 is 105 Å². The Hall–Kier alpha value is -11.4. The molecule has 15 rings (SSSR count). The smallest absolute Gasteiger partial charge is 0.254 e. The molecule has 5 fully saturated rings. The second-order valence-electron chi connectivity index (χ2n) is 37.4. The van der Waals surface area contributed by atoms with E-state index in [-0.39, 0.29) is 45.5 Å². The van der Waals surface area contributed by atoms with Gasteiger partial charge in [-0.3, -0.25) is 29.5 Å². The number of sulfone groups is 1. The number of nitrogens with two attached hydrogens (primary N) is 1. The van der Waals surface area contributed by atoms with E-state index in [4.69, 9.17) is 57.9 Å². The molecule has 8 heterocycles. The molecule has 0 spiro atoms. The van der Waals surface area contributed by atoms with Crippen molar-refractivity contribution in [1.29, 1.82) is 0 Å². The number of aromatic amines is 1. The molecule has 4 aromatic heterocycles. The predicted octanol–water partition coefficient (Wildman–Crippen LogP) is 16.3. The zero-order valence-electron chi connectivity index (χ0n) is 83.8. The van der Waals surface area contributed by atoms with E-state index < -0.39 is 55.6 Å². The van der Waals surface area contributed by atoms with Crippen LogP contribution in [0.3, 0.4) is 0 Å². The van der Waals surface area contributed by atoms with Crippen molar-refractivity contribution < 1.29 is 55.2 Å². The van der Waals surface area contributed by atoms with Crippen LogP contribution < -0.4 is 98.2 Å². The predicted molar refractivity (Wildman–Crippen MR) is 581 cm³/mol. The number of nitrogens with one attached hydrogen (secondary N) is 10. The van der Waals surface area contributed by atoms with Crippen molar-refractivity contribution >= 4 is 193 Å². The zero-order valence-corrected chi connectivity index (χ0v) is 89.7. The normalized spacial score (nSPS) is 17.3. The Morgan fingerprint density at radius 1 is 0.570 bits per heavy atom. The van der Waals surface area contributed by atoms with E-state index in [1.807, 2.05) is 49.7 Å². The Kier molecular flexibility index (Phi) is 38.3. The molecule has 0 radical (unpaired) electrons. The van der Waals surface area contributed by atoms with E-state index in [9.17, 15) is 36.3 Å². The van der Waals surface area contributed by atoms with E-state index in [2.05, 4.69) is 158 Å². The first-order chi connectivity index (χ1) is 67.6. The fourth-order valence-electron chi connectivity index (χ4n) is 17.1. The van der Waals surface area contributed by atoms with Gasteiger partial charge in [0.1, 0.15) is 79.0 Å². The molecule has 2 unspecified atom stereocenters. The van der Waals surface area contributed by atoms with Crippen molar-refractivity contribution in [3.63, 3.8) is 0 Å². The lowest BCUT2D eigenvalue weighted by Gasteiger charge is -2.42. The number of benzene rings is 6. The number of carbonyl (C=O) groups excluding carboxylic acids is 2. The first-order valence-electron chi connectivity index (χ1n) is 47.3. The van der Waals surface area contributed by atoms with Gasteiger partial charge in [0.2, 0.25) is 29.7 Å². The highest BCUT2D eigenvalue weighted by atomic mass is 35.5. The number of aromatic nitrogens is 8. The van der Waals surface area contributed by atoms with Crippen molar-refractivity contribution in [2.75, 3.05) is 208 Å². The van der Waals surface area contributed by atoms with E-state index in [0.29, 0.717) is 99.1 Å². The quantitative estimate of drug-likeness (QED) is 0.0109. The first-order valence-corrected chi connectivity index (χ1v) is 60.2. The fraction of sp³-hybridized carbons (Fsp3) is 0.439. The Labute approximate surface area is 843 Å². The Morgan fingerprint density at radius 3 is 1.69 bits per heavy atom. The lowest BCUT2D eigenvalue weighted by Crippen LogP contribution is -2.52. The van der Waals surface area contributed by atoms with E-state index >= 15 is 0 Å². The van der Waals surface area contributed by atoms with Crippen molar-refractivity contribution in [2.24, 2.45) is 15.7 Å². The first kappa shape index (κ1) is 109. The van der Waals surface area contributed by atoms with Crippen molar-refractivity contribution in [3.8, 4) is 23.0 Å². The van der Waals surface area contributed by atoms with Crippen molar-refractivity contribution in [3.05, 3.63) is 162 Å². The molecule has 2 amide bonds. The van der Waals surface area contributed by atoms with Gasteiger partial charge >= 0.3 is 0 Å². The molecule has 1 aliphatic carbocycles. The van der Waals surface area contributed by atoms with Gasteiger partial charge in [0.05, 0.1) is 104 Å². The van der Waals surface area contributed by atoms with Crippen LogP contribution >= 0.6 is 51.8 Å². The number of primary amides is 1. The van der Waals surface area contributed by atoms with Crippen LogP contribution in [0.4, 0.5) is 80.8 Å². The van der Waals surface area contributed by atoms with E-state index in [0.717, 1.165) is 122 Å². The van der Waals surface area contributed by atoms with Crippen LogP contribution in [0.25, 0.3) is 11.0 Å². The summed E-state index contributed by atoms with van der Waals surface area (Å²) in [4.78, 5) is 72.5. The Bertz CT molecular complexity index is 6460. The highest BCUT2D eigenvalue weighted by Gasteiger charge is 2.35. The number of guanidine groups is 1. The molecule has 4 aliphatic heterocycles. The standard InChI is InChI=1S/C29H47ClN7O2P.C27H35N8O2P.C23H28N5O5PS.C19H25ClN5O3P/c1-35-17-19-37(20-18-35)23-11-15-36(16-12-23)24-9-10-25(27(21-24)39-2)34-29(31-14-13-30)33-22-32-26-7-5-6-8-28(26)40(3,4)38;1-18(2)34-12-14-35(15-13-34)19-10-11-21(23(16-19)37-3)30-27-31-25(20-17-28-33-26(20)32-27)29-22-8-6-7-9-24(22)38(4,5)36;1-14(2)35(31,32)20-9-7-6-8-18(20)26-22-16(21(24)29)13-25-23(28-22)27-17-11-10-15(34(4,5)30)12-19(17)33-3;1-28-16-10-12(29(2,3)27)7-8-14(16)24-19-22-11-13(20)17(25-19)23-15-6-4-5-9-21-18(15)26/h9-10,13-14,21-23,26,28H,5-8,11-12,15-20H2,1-4H3,(H2,31,32,33,34);6-11,16-18H,12-15H2,1-5H3,(H3,28,29,30,31,32,33);6-14H,1-5H3,(H2,24,29)(H2,25,26,27,28);7-8,10-11,15H,4-6,9H2,1-3H3,(H,21,26)(H2,22,23,24,25)/b14-13+;;;/t26-,28?;;;/m0.../s1. The summed E-state index contributed by atoms with van der Waals surface area (Å²) in [6, 6.07) is 37.6. The number of methoxy groups -OCH3 is 4. The number of piperazine rings is 2. The SMILES string of the molecule is COc1cc(N2CCC(N3CCN(C)CC3)CC2)ccc1NC(=NC=N[C@H]1CCCCC1P(C)(C)=O)N/C=C/Cl.COc1cc(N2CCN(C(C)C)CC2)ccc1Nc1nc(Nc2ccccc2P(C)(C)=O)c2cn[nH]c2n1.COc1cc(P(C)(C)=O)ccc1Nc1ncc(C(N)=O)c(Nc2ccccc2S(=O)(=O)C(C)C)n1.COc1cc(P(C)(C)=O)ccc1Nc1ncc(Cl)c(NC2CCCCNC2=O)n1. The number of piperidine rings is 1. The molecule has 3 atom stereocenters. The molecule has 44 heteroatoms. The highest BCUT2D eigenvalue weighted by molar-refractivity contribution is 7.92. The van der Waals surface area contributed by atoms with Crippen LogP contribution in [0.2, 0.25) is 5.02 Å². The highest BCUT2D eigenvalue weighted by Crippen LogP contribution is 2.51. The lowest BCUT2D eigenvalue weighted by atomic mass is 9.95. The molecule has 37 nitrogen and oxygen atoms in total. The third-order valence-electron chi connectivity index (χ3n) is 25.2. The third kappa shape index (κ3) is 29.7. The minimum absolute atomic E-state index is 0.0208. The number of H-pyrrole nitrogens is 1. The Balaban J connectivity index is 0.000000170. The molecule has 142 heavy (non-hydrogen) atoms. The number of fused-ring (bicyclic) bond motifs is 1. The summed E-state index contributed by atoms with van der Waals surface area (Å²) in [5, 5.41) is 37.7. The minimum Gasteiger partial charge on any atom is -0.495 e. The summed E-state index contributed by atoms with van der Waals surface area (Å²) in [6.07, 6.45) is 16.7. The number of halogens is 2. The summed E-state index contributed by atoms with van der Waals surface area (Å²) >= 11 is 12.0. The summed E-state index contributed by atoms with van der Waals surface area (Å²) in [5.41, 5.74) is 13.5. The molecule has 4 saturated heterocycles. The van der Waals surface area contributed by atoms with E-state index in [1.165, 1.54) is 75.8 Å². The second kappa shape index (κ2) is 49.7. The number of carbonyl (C=O) groups is 2. The molecule has 0 bridgehead atoms. The number of likely N-dealkylation sites (N-methyl/N-ethyl adjacent to an activating group) is 1. The number of rotatable bonds is 31. The van der Waals surface area contributed by atoms with Gasteiger partial charge in [-0.25, -0.2) is 23.4 Å². The molecule has 1 saturated carbocycles. The van der Waals surface area contributed by atoms with Crippen LogP contribution in [0.15, 0.2) is 167 Å². The van der Waals surface area contributed by atoms with Gasteiger partial charge in [-0.05, 0) is 218 Å². The van der Waals surface area contributed by atoms with E-state index in [1.54, 1.807) is 148 Å². The van der Waals surface area contributed by atoms with Crippen molar-refractivity contribution in [2.45, 2.75) is 125 Å². The molecule has 12 N–H and O–H groups in total. The number of hydrogen-bond acceptors (Lipinski definition) is 31. The van der Waals surface area contributed by atoms with Gasteiger partial charge in [0, 0.05) is 147 Å². The Morgan fingerprint density at radius 2 is 1.11 bits per heavy atom. The molecule has 6 aromatic carbocycles. The maximum Gasteiger partial charge on any atom is 0.254 e. The summed E-state index contributed by atoms with van der Waals surface area (Å²) in [7, 11) is -4.67. The number of hydrogen-bond donors (Lipinski definition) is 11. The van der Waals surface area contributed by atoms with Crippen LogP contribution in [0.1, 0.15) is 95.8 Å². The minimum atomic E-state index is -3.62. The molecule has 5 aliphatic rings. The monoisotopic (exact) mass is 2080 g/mol. The lowest BCUT2D eigenvalue weighted by molar-refractivity contribution is -0.121. The largest absolute Gasteiger partial charge is 0.495 e. The topological polar surface area (TPSA) is 455 Å². The zero-order chi connectivity index (χ0) is 102. The van der Waals surface area contributed by atoms with Gasteiger partial charge in [-0.15, -0.1) is 0 Å². The second-order valence-corrected chi connectivity index (χ2v) is 53.7. The summed E-state index contributed by atoms with van der Waals surface area (Å²) in [6.45, 7) is 33.2. The average molecular weight is 2080 g/mol. The van der Waals surface area contributed by atoms with Crippen LogP contribution in [-0.2, 0) is 32.9 Å². The number of aliphatic imine (C=N–C) groups is 2. The maximum absolute atomic E-state index is 12.9. The number of ether oxygens (including phenoxy) is 4. The summed E-state index contributed by atoms with van der Waals surface area (Å²) in [5.74, 6) is 3.79. The number of anilines is 14. The fourth-order valence-corrected chi connectivity index (χ4v) is 23.2. The van der Waals surface area contributed by atoms with Crippen LogP contribution in [0, 0.1) is 0 Å². The number of para-hydroxylation sites is 2. The molecule has 10 aromatic rings. The third-order valence-corrected chi connectivity index (χ3v) is 34.7. The average Bonchev–Trinajstić information content (AvgIpc) is 1.71. The molecular formula is C98H135Cl2N25O12P4S. The van der Waals surface area contributed by atoms with Gasteiger partial charge in [0.15, 0.2) is 21.3 Å². The van der Waals surface area contributed by atoms with Gasteiger partial charge in [0.25, 0.3) is 5.91 Å². The molecule has 764 valence electrons. The summed E-state index contributed by atoms with van der Waals surface area (Å²) < 4.78 is 98.4. The van der Waals surface area contributed by atoms with Gasteiger partial charge in [-0.1, -0.05) is 60.3 Å². The number of nitrogens with zero attached hydrogens (tertiary/aromatic N) is 14. The maximum atomic E-state index is 12.9.